The van der Waals surface area contributed by atoms with Crippen molar-refractivity contribution in [3.63, 3.8) is 0 Å². The molecule has 8 heteroatoms. The third-order valence-electron chi connectivity index (χ3n) is 5.21. The zero-order chi connectivity index (χ0) is 19.4. The lowest BCUT2D eigenvalue weighted by Gasteiger charge is -2.36. The van der Waals surface area contributed by atoms with Gasteiger partial charge in [0.1, 0.15) is 0 Å². The van der Waals surface area contributed by atoms with Gasteiger partial charge in [0.2, 0.25) is 11.8 Å². The first-order valence-corrected chi connectivity index (χ1v) is 9.31. The zero-order valence-corrected chi connectivity index (χ0v) is 15.1. The van der Waals surface area contributed by atoms with Crippen molar-refractivity contribution in [2.45, 2.75) is 44.4 Å². The largest absolute Gasteiger partial charge is 0.416 e. The highest BCUT2D eigenvalue weighted by molar-refractivity contribution is 5.88. The maximum atomic E-state index is 13.3. The van der Waals surface area contributed by atoms with Crippen LogP contribution in [0.4, 0.5) is 13.2 Å². The zero-order valence-electron chi connectivity index (χ0n) is 15.1. The number of carbonyl (C=O) groups excluding carboxylic acids is 2. The summed E-state index contributed by atoms with van der Waals surface area (Å²) in [4.78, 5) is 28.4. The van der Waals surface area contributed by atoms with Gasteiger partial charge in [-0.2, -0.15) is 13.2 Å². The molecule has 1 atom stereocenters. The maximum Gasteiger partial charge on any atom is 0.416 e. The number of benzene rings is 1. The van der Waals surface area contributed by atoms with E-state index in [9.17, 15) is 22.8 Å². The average Bonchev–Trinajstić information content (AvgIpc) is 2.65. The van der Waals surface area contributed by atoms with E-state index in [1.165, 1.54) is 12.1 Å². The van der Waals surface area contributed by atoms with E-state index in [1.54, 1.807) is 15.9 Å². The van der Waals surface area contributed by atoms with E-state index >= 15 is 0 Å². The minimum atomic E-state index is -4.45. The van der Waals surface area contributed by atoms with Crippen LogP contribution in [0.3, 0.4) is 0 Å². The third kappa shape index (κ3) is 4.80. The molecule has 2 aliphatic rings. The number of halogens is 3. The molecule has 0 spiro atoms. The quantitative estimate of drug-likeness (QED) is 0.869. The number of hydrogen-bond acceptors (Lipinski definition) is 3. The molecule has 0 saturated carbocycles. The number of carbonyl (C=O) groups is 2. The Morgan fingerprint density at radius 1 is 1.11 bits per heavy atom. The second-order valence-corrected chi connectivity index (χ2v) is 7.08. The number of piperazine rings is 1. The van der Waals surface area contributed by atoms with Gasteiger partial charge in [0.15, 0.2) is 0 Å². The Labute approximate surface area is 156 Å². The lowest BCUT2D eigenvalue weighted by molar-refractivity contribution is -0.141. The molecule has 0 aromatic heterocycles. The lowest BCUT2D eigenvalue weighted by atomic mass is 10.0. The van der Waals surface area contributed by atoms with Gasteiger partial charge in [0.25, 0.3) is 0 Å². The Hall–Kier alpha value is -2.09. The molecule has 1 N–H and O–H groups in total. The van der Waals surface area contributed by atoms with Crippen molar-refractivity contribution in [3.05, 3.63) is 35.4 Å². The summed E-state index contributed by atoms with van der Waals surface area (Å²) in [5, 5.41) is 2.73. The fourth-order valence-electron chi connectivity index (χ4n) is 3.76. The maximum absolute atomic E-state index is 13.3. The molecule has 2 fully saturated rings. The number of piperidine rings is 1. The highest BCUT2D eigenvalue weighted by Gasteiger charge is 2.36. The Morgan fingerprint density at radius 3 is 2.52 bits per heavy atom. The van der Waals surface area contributed by atoms with Gasteiger partial charge < -0.3 is 10.2 Å². The molecule has 3 rings (SSSR count). The Balaban J connectivity index is 1.75. The van der Waals surface area contributed by atoms with E-state index in [1.807, 2.05) is 0 Å². The molecule has 2 heterocycles. The molecule has 0 radical (unpaired) electrons. The van der Waals surface area contributed by atoms with Gasteiger partial charge in [-0.1, -0.05) is 18.2 Å². The fourth-order valence-corrected chi connectivity index (χ4v) is 3.76. The summed E-state index contributed by atoms with van der Waals surface area (Å²) in [5.74, 6) is -0.401. The molecule has 1 aromatic rings. The van der Waals surface area contributed by atoms with E-state index in [0.717, 1.165) is 25.3 Å². The number of rotatable bonds is 4. The van der Waals surface area contributed by atoms with Crippen molar-refractivity contribution in [2.75, 3.05) is 26.2 Å². The smallest absolute Gasteiger partial charge is 0.353 e. The molecule has 27 heavy (non-hydrogen) atoms. The summed E-state index contributed by atoms with van der Waals surface area (Å²) in [7, 11) is 0. The second-order valence-electron chi connectivity index (χ2n) is 7.08. The van der Waals surface area contributed by atoms with E-state index in [-0.39, 0.29) is 30.3 Å². The van der Waals surface area contributed by atoms with Gasteiger partial charge in [-0.25, -0.2) is 0 Å². The van der Waals surface area contributed by atoms with Crippen LogP contribution in [0.2, 0.25) is 0 Å². The number of nitrogens with zero attached hydrogens (tertiary/aromatic N) is 2. The van der Waals surface area contributed by atoms with Crippen molar-refractivity contribution in [1.82, 2.24) is 15.1 Å². The average molecular weight is 383 g/mol. The lowest BCUT2D eigenvalue weighted by Crippen LogP contribution is -2.56. The monoisotopic (exact) mass is 383 g/mol. The molecule has 2 aliphatic heterocycles. The van der Waals surface area contributed by atoms with Crippen LogP contribution in [-0.4, -0.2) is 53.8 Å². The standard InChI is InChI=1S/C19H24F3N3O2/c20-19(21,22)15-7-3-2-6-14(15)13-25-11-8-23-18(27)16(25)12-17(26)24-9-4-1-5-10-24/h2-3,6-7,16H,1,4-5,8-13H2,(H,23,27). The van der Waals surface area contributed by atoms with Gasteiger partial charge in [0.05, 0.1) is 18.0 Å². The summed E-state index contributed by atoms with van der Waals surface area (Å²) < 4.78 is 39.8. The van der Waals surface area contributed by atoms with Crippen LogP contribution in [0, 0.1) is 0 Å². The molecule has 5 nitrogen and oxygen atoms in total. The Kier molecular flexibility index (Phi) is 6.04. The second kappa shape index (κ2) is 8.29. The van der Waals surface area contributed by atoms with Crippen LogP contribution in [0.1, 0.15) is 36.8 Å². The fraction of sp³-hybridized carbons (Fsp3) is 0.579. The molecule has 0 bridgehead atoms. The van der Waals surface area contributed by atoms with Gasteiger partial charge >= 0.3 is 6.18 Å². The van der Waals surface area contributed by atoms with Gasteiger partial charge in [-0.15, -0.1) is 0 Å². The van der Waals surface area contributed by atoms with Gasteiger partial charge in [-0.05, 0) is 30.9 Å². The van der Waals surface area contributed by atoms with Crippen LogP contribution in [0.25, 0.3) is 0 Å². The van der Waals surface area contributed by atoms with Crippen LogP contribution < -0.4 is 5.32 Å². The topological polar surface area (TPSA) is 52.7 Å². The van der Waals surface area contributed by atoms with Crippen molar-refractivity contribution >= 4 is 11.8 Å². The number of alkyl halides is 3. The minimum absolute atomic E-state index is 0.0000180. The van der Waals surface area contributed by atoms with E-state index in [2.05, 4.69) is 5.32 Å². The molecule has 0 aliphatic carbocycles. The minimum Gasteiger partial charge on any atom is -0.353 e. The molecule has 2 saturated heterocycles. The van der Waals surface area contributed by atoms with Crippen molar-refractivity contribution < 1.29 is 22.8 Å². The van der Waals surface area contributed by atoms with Gasteiger partial charge in [0, 0.05) is 32.7 Å². The van der Waals surface area contributed by atoms with Crippen LogP contribution in [0.15, 0.2) is 24.3 Å². The Morgan fingerprint density at radius 2 is 1.81 bits per heavy atom. The first-order chi connectivity index (χ1) is 12.9. The predicted molar refractivity (Wildman–Crippen MR) is 93.7 cm³/mol. The van der Waals surface area contributed by atoms with Gasteiger partial charge in [-0.3, -0.25) is 14.5 Å². The predicted octanol–water partition coefficient (Wildman–Crippen LogP) is 2.41. The number of nitrogens with one attached hydrogen (secondary N) is 1. The first kappa shape index (κ1) is 19.7. The molecule has 2 amide bonds. The molecule has 148 valence electrons. The van der Waals surface area contributed by atoms with Crippen molar-refractivity contribution in [1.29, 1.82) is 0 Å². The van der Waals surface area contributed by atoms with E-state index in [4.69, 9.17) is 0 Å². The Bertz CT molecular complexity index is 687. The molecule has 1 unspecified atom stereocenters. The summed E-state index contributed by atoms with van der Waals surface area (Å²) >= 11 is 0. The van der Waals surface area contributed by atoms with E-state index < -0.39 is 17.8 Å². The molecular formula is C19H24F3N3O2. The summed E-state index contributed by atoms with van der Waals surface area (Å²) in [5.41, 5.74) is -0.577. The summed E-state index contributed by atoms with van der Waals surface area (Å²) in [6, 6.07) is 4.65. The van der Waals surface area contributed by atoms with Crippen molar-refractivity contribution in [3.8, 4) is 0 Å². The summed E-state index contributed by atoms with van der Waals surface area (Å²) in [6.45, 7) is 2.13. The van der Waals surface area contributed by atoms with Crippen molar-refractivity contribution in [2.24, 2.45) is 0 Å². The molecule has 1 aromatic carbocycles. The molecular weight excluding hydrogens is 359 g/mol. The number of likely N-dealkylation sites (tertiary alicyclic amines) is 1. The first-order valence-electron chi connectivity index (χ1n) is 9.31. The summed E-state index contributed by atoms with van der Waals surface area (Å²) in [6.07, 6.45) is -1.46. The van der Waals surface area contributed by atoms with Crippen LogP contribution in [0.5, 0.6) is 0 Å². The van der Waals surface area contributed by atoms with Crippen LogP contribution in [-0.2, 0) is 22.3 Å². The van der Waals surface area contributed by atoms with E-state index in [0.29, 0.717) is 26.2 Å². The third-order valence-corrected chi connectivity index (χ3v) is 5.21. The van der Waals surface area contributed by atoms with Crippen LogP contribution >= 0.6 is 0 Å². The number of hydrogen-bond donors (Lipinski definition) is 1. The SMILES string of the molecule is O=C1NCCN(Cc2ccccc2C(F)(F)F)C1CC(=O)N1CCCCC1. The highest BCUT2D eigenvalue weighted by atomic mass is 19.4. The normalized spacial score (nSPS) is 21.8. The highest BCUT2D eigenvalue weighted by Crippen LogP contribution is 2.33. The number of amides is 2.